The normalized spacial score (nSPS) is 21.9. The van der Waals surface area contributed by atoms with Gasteiger partial charge in [-0.2, -0.15) is 0 Å². The smallest absolute Gasteiger partial charge is 0.233 e. The van der Waals surface area contributed by atoms with Crippen LogP contribution >= 0.6 is 11.8 Å². The van der Waals surface area contributed by atoms with Crippen molar-refractivity contribution in [1.82, 2.24) is 20.1 Å². The van der Waals surface area contributed by atoms with E-state index in [2.05, 4.69) is 22.4 Å². The lowest BCUT2D eigenvalue weighted by Crippen LogP contribution is -2.44. The largest absolute Gasteiger partial charge is 0.469 e. The van der Waals surface area contributed by atoms with Gasteiger partial charge >= 0.3 is 0 Å². The fraction of sp³-hybridized carbons (Fsp3) is 0.611. The summed E-state index contributed by atoms with van der Waals surface area (Å²) in [6, 6.07) is 2.18. The Hall–Kier alpha value is -1.76. The van der Waals surface area contributed by atoms with Crippen LogP contribution in [-0.2, 0) is 11.8 Å². The number of carbonyl (C=O) groups is 1. The second-order valence-corrected chi connectivity index (χ2v) is 8.20. The Morgan fingerprint density at radius 2 is 2.16 bits per heavy atom. The summed E-state index contributed by atoms with van der Waals surface area (Å²) in [7, 11) is 1.91. The Bertz CT molecular complexity index is 739. The van der Waals surface area contributed by atoms with E-state index in [1.165, 1.54) is 31.0 Å². The van der Waals surface area contributed by atoms with Gasteiger partial charge in [0.2, 0.25) is 5.91 Å². The molecule has 136 valence electrons. The van der Waals surface area contributed by atoms with Crippen LogP contribution in [0.2, 0.25) is 0 Å². The summed E-state index contributed by atoms with van der Waals surface area (Å²) in [6.07, 6.45) is 6.40. The molecule has 1 aliphatic carbocycles. The average Bonchev–Trinajstić information content (AvgIpc) is 3.16. The number of aromatic nitrogens is 3. The monoisotopic (exact) mass is 362 g/mol. The zero-order chi connectivity index (χ0) is 18.0. The third-order valence-electron chi connectivity index (χ3n) is 5.03. The van der Waals surface area contributed by atoms with Gasteiger partial charge in [-0.15, -0.1) is 10.2 Å². The molecule has 1 fully saturated rings. The second-order valence-electron chi connectivity index (χ2n) is 6.89. The number of furan rings is 1. The Labute approximate surface area is 152 Å². The van der Waals surface area contributed by atoms with E-state index in [4.69, 9.17) is 4.42 Å². The Morgan fingerprint density at radius 3 is 2.84 bits per heavy atom. The molecule has 0 saturated heterocycles. The molecular weight excluding hydrogens is 336 g/mol. The summed E-state index contributed by atoms with van der Waals surface area (Å²) in [6.45, 7) is 6.05. The SMILES string of the molecule is Cc1occc1-c1nnc(S[C@H](C)C(=O)N[C@@H]2CCCC[C@@H]2C)n1C. The molecule has 25 heavy (non-hydrogen) atoms. The van der Waals surface area contributed by atoms with Crippen molar-refractivity contribution >= 4 is 17.7 Å². The molecule has 6 nitrogen and oxygen atoms in total. The van der Waals surface area contributed by atoms with E-state index in [1.807, 2.05) is 31.5 Å². The van der Waals surface area contributed by atoms with E-state index >= 15 is 0 Å². The van der Waals surface area contributed by atoms with Crippen molar-refractivity contribution in [2.75, 3.05) is 0 Å². The van der Waals surface area contributed by atoms with Crippen molar-refractivity contribution in [3.05, 3.63) is 18.1 Å². The molecule has 0 bridgehead atoms. The van der Waals surface area contributed by atoms with E-state index in [9.17, 15) is 4.79 Å². The molecule has 1 saturated carbocycles. The minimum atomic E-state index is -0.213. The number of aryl methyl sites for hydroxylation is 1. The third-order valence-corrected chi connectivity index (χ3v) is 6.16. The van der Waals surface area contributed by atoms with Crippen LogP contribution in [0.5, 0.6) is 0 Å². The first-order valence-corrected chi connectivity index (χ1v) is 9.76. The predicted octanol–water partition coefficient (Wildman–Crippen LogP) is 3.56. The maximum absolute atomic E-state index is 12.6. The van der Waals surface area contributed by atoms with Crippen LogP contribution < -0.4 is 5.32 Å². The number of hydrogen-bond acceptors (Lipinski definition) is 5. The van der Waals surface area contributed by atoms with Crippen LogP contribution in [0, 0.1) is 12.8 Å². The highest BCUT2D eigenvalue weighted by Gasteiger charge is 2.26. The minimum absolute atomic E-state index is 0.0767. The van der Waals surface area contributed by atoms with Crippen LogP contribution in [0.25, 0.3) is 11.4 Å². The molecule has 0 aromatic carbocycles. The van der Waals surface area contributed by atoms with Gasteiger partial charge < -0.3 is 14.3 Å². The Morgan fingerprint density at radius 1 is 1.40 bits per heavy atom. The summed E-state index contributed by atoms with van der Waals surface area (Å²) >= 11 is 1.44. The summed E-state index contributed by atoms with van der Waals surface area (Å²) in [5.41, 5.74) is 0.926. The molecule has 2 aromatic heterocycles. The van der Waals surface area contributed by atoms with Gasteiger partial charge in [0.05, 0.1) is 17.1 Å². The minimum Gasteiger partial charge on any atom is -0.469 e. The fourth-order valence-electron chi connectivity index (χ4n) is 3.31. The highest BCUT2D eigenvalue weighted by Crippen LogP contribution is 2.29. The Balaban J connectivity index is 1.65. The maximum atomic E-state index is 12.6. The van der Waals surface area contributed by atoms with Gasteiger partial charge in [-0.3, -0.25) is 4.79 Å². The number of hydrogen-bond donors (Lipinski definition) is 1. The molecule has 0 spiro atoms. The lowest BCUT2D eigenvalue weighted by atomic mass is 9.86. The number of nitrogens with zero attached hydrogens (tertiary/aromatic N) is 3. The molecule has 1 amide bonds. The molecule has 0 unspecified atom stereocenters. The van der Waals surface area contributed by atoms with Crippen LogP contribution in [0.4, 0.5) is 0 Å². The number of thioether (sulfide) groups is 1. The molecule has 2 heterocycles. The lowest BCUT2D eigenvalue weighted by Gasteiger charge is -2.30. The lowest BCUT2D eigenvalue weighted by molar-refractivity contribution is -0.121. The highest BCUT2D eigenvalue weighted by atomic mass is 32.2. The Kier molecular flexibility index (Phi) is 5.51. The van der Waals surface area contributed by atoms with Crippen molar-refractivity contribution in [2.24, 2.45) is 13.0 Å². The summed E-state index contributed by atoms with van der Waals surface area (Å²) in [5, 5.41) is 12.2. The van der Waals surface area contributed by atoms with Gasteiger partial charge in [-0.1, -0.05) is 31.5 Å². The van der Waals surface area contributed by atoms with E-state index in [1.54, 1.807) is 6.26 Å². The second kappa shape index (κ2) is 7.64. The standard InChI is InChI=1S/C18H26N4O2S/c1-11-7-5-6-8-15(11)19-17(23)13(3)25-18-21-20-16(22(18)4)14-9-10-24-12(14)2/h9-11,13,15H,5-8H2,1-4H3,(H,19,23)/t11-,13+,15+/m0/s1. The first-order valence-electron chi connectivity index (χ1n) is 8.88. The number of nitrogens with one attached hydrogen (secondary N) is 1. The van der Waals surface area contributed by atoms with Crippen molar-refractivity contribution in [2.45, 2.75) is 62.9 Å². The quantitative estimate of drug-likeness (QED) is 0.823. The molecular formula is C18H26N4O2S. The topological polar surface area (TPSA) is 72.9 Å². The number of carbonyl (C=O) groups excluding carboxylic acids is 1. The molecule has 0 aliphatic heterocycles. The number of rotatable bonds is 5. The van der Waals surface area contributed by atoms with Crippen LogP contribution in [0.15, 0.2) is 21.9 Å². The summed E-state index contributed by atoms with van der Waals surface area (Å²) in [5.74, 6) is 2.19. The molecule has 1 aliphatic rings. The first-order chi connectivity index (χ1) is 12.0. The van der Waals surface area contributed by atoms with E-state index in [0.29, 0.717) is 12.0 Å². The van der Waals surface area contributed by atoms with Gasteiger partial charge in [0, 0.05) is 13.1 Å². The van der Waals surface area contributed by atoms with Crippen molar-refractivity contribution in [3.63, 3.8) is 0 Å². The van der Waals surface area contributed by atoms with Gasteiger partial charge in [-0.25, -0.2) is 0 Å². The van der Waals surface area contributed by atoms with Crippen LogP contribution in [-0.4, -0.2) is 32.0 Å². The fourth-order valence-corrected chi connectivity index (χ4v) is 4.14. The van der Waals surface area contributed by atoms with E-state index in [0.717, 1.165) is 28.7 Å². The highest BCUT2D eigenvalue weighted by molar-refractivity contribution is 8.00. The number of amides is 1. The summed E-state index contributed by atoms with van der Waals surface area (Å²) in [4.78, 5) is 12.6. The molecule has 3 rings (SSSR count). The van der Waals surface area contributed by atoms with Crippen molar-refractivity contribution < 1.29 is 9.21 Å². The molecule has 7 heteroatoms. The van der Waals surface area contributed by atoms with E-state index < -0.39 is 0 Å². The van der Waals surface area contributed by atoms with Gasteiger partial charge in [0.15, 0.2) is 11.0 Å². The van der Waals surface area contributed by atoms with Crippen LogP contribution in [0.1, 0.15) is 45.3 Å². The third kappa shape index (κ3) is 3.92. The summed E-state index contributed by atoms with van der Waals surface area (Å²) < 4.78 is 7.26. The predicted molar refractivity (Wildman–Crippen MR) is 98.3 cm³/mol. The molecule has 1 N–H and O–H groups in total. The molecule has 0 radical (unpaired) electrons. The zero-order valence-corrected chi connectivity index (χ0v) is 16.1. The van der Waals surface area contributed by atoms with Crippen molar-refractivity contribution in [1.29, 1.82) is 0 Å². The van der Waals surface area contributed by atoms with Crippen LogP contribution in [0.3, 0.4) is 0 Å². The van der Waals surface area contributed by atoms with Crippen molar-refractivity contribution in [3.8, 4) is 11.4 Å². The molecule has 3 atom stereocenters. The average molecular weight is 362 g/mol. The maximum Gasteiger partial charge on any atom is 0.233 e. The van der Waals surface area contributed by atoms with E-state index in [-0.39, 0.29) is 11.2 Å². The van der Waals surface area contributed by atoms with Gasteiger partial charge in [0.25, 0.3) is 0 Å². The van der Waals surface area contributed by atoms with Gasteiger partial charge in [0.1, 0.15) is 5.76 Å². The first kappa shape index (κ1) is 18.0. The van der Waals surface area contributed by atoms with Gasteiger partial charge in [-0.05, 0) is 38.7 Å². The molecule has 2 aromatic rings. The zero-order valence-electron chi connectivity index (χ0n) is 15.3.